The van der Waals surface area contributed by atoms with Crippen LogP contribution in [0, 0.1) is 0 Å². The number of benzene rings is 1. The maximum atomic E-state index is 11.6. The molecule has 2 rings (SSSR count). The minimum atomic E-state index is -0.432. The van der Waals surface area contributed by atoms with Gasteiger partial charge in [0.15, 0.2) is 0 Å². The number of nitrogens with one attached hydrogen (secondary N) is 1. The molecule has 0 fully saturated rings. The number of rotatable bonds is 3. The van der Waals surface area contributed by atoms with Crippen LogP contribution in [0.4, 0.5) is 0 Å². The van der Waals surface area contributed by atoms with Crippen LogP contribution in [0.15, 0.2) is 47.7 Å². The Labute approximate surface area is 114 Å². The second-order valence-corrected chi connectivity index (χ2v) is 4.05. The Morgan fingerprint density at radius 1 is 1.37 bits per heavy atom. The zero-order valence-electron chi connectivity index (χ0n) is 9.75. The number of phenolic OH excluding ortho intramolecular Hbond substituents is 1. The summed E-state index contributed by atoms with van der Waals surface area (Å²) in [5, 5.41) is 13.7. The molecule has 0 saturated heterocycles. The van der Waals surface area contributed by atoms with Crippen molar-refractivity contribution >= 4 is 23.7 Å². The molecular weight excluding hydrogens is 266 g/mol. The summed E-state index contributed by atoms with van der Waals surface area (Å²) in [6.07, 6.45) is 2.82. The molecule has 1 aromatic heterocycles. The number of halogens is 1. The summed E-state index contributed by atoms with van der Waals surface area (Å²) in [5.74, 6) is -0.404. The average molecular weight is 276 g/mol. The molecule has 0 radical (unpaired) electrons. The summed E-state index contributed by atoms with van der Waals surface area (Å²) in [7, 11) is 0. The molecule has 0 spiro atoms. The topological polar surface area (TPSA) is 74.6 Å². The van der Waals surface area contributed by atoms with E-state index in [0.29, 0.717) is 10.6 Å². The minimum absolute atomic E-state index is 0.0280. The lowest BCUT2D eigenvalue weighted by atomic mass is 10.2. The molecule has 0 atom stereocenters. The van der Waals surface area contributed by atoms with E-state index in [0.717, 1.165) is 0 Å². The van der Waals surface area contributed by atoms with Gasteiger partial charge in [0.05, 0.1) is 6.21 Å². The smallest absolute Gasteiger partial charge is 0.289 e. The van der Waals surface area contributed by atoms with Crippen molar-refractivity contribution in [3.05, 3.63) is 58.9 Å². The molecule has 0 aliphatic rings. The van der Waals surface area contributed by atoms with Gasteiger partial charge in [0, 0.05) is 16.8 Å². The Kier molecular flexibility index (Phi) is 4.10. The second-order valence-electron chi connectivity index (χ2n) is 3.62. The molecule has 6 heteroatoms. The first-order valence-electron chi connectivity index (χ1n) is 5.40. The fraction of sp³-hybridized carbons (Fsp3) is 0. The van der Waals surface area contributed by atoms with Crippen LogP contribution in [0.2, 0.25) is 5.02 Å². The molecule has 0 unspecified atom stereocenters. The van der Waals surface area contributed by atoms with Crippen LogP contribution < -0.4 is 5.43 Å². The van der Waals surface area contributed by atoms with Crippen molar-refractivity contribution in [2.45, 2.75) is 0 Å². The second kappa shape index (κ2) is 5.97. The highest BCUT2D eigenvalue weighted by Crippen LogP contribution is 2.19. The van der Waals surface area contributed by atoms with Gasteiger partial charge in [0.25, 0.3) is 5.91 Å². The first-order valence-corrected chi connectivity index (χ1v) is 5.77. The van der Waals surface area contributed by atoms with Crippen molar-refractivity contribution in [3.8, 4) is 5.75 Å². The Bertz CT molecular complexity index is 615. The van der Waals surface area contributed by atoms with Crippen LogP contribution in [0.25, 0.3) is 0 Å². The lowest BCUT2D eigenvalue weighted by Gasteiger charge is -2.00. The third kappa shape index (κ3) is 3.53. The quantitative estimate of drug-likeness (QED) is 0.666. The van der Waals surface area contributed by atoms with E-state index < -0.39 is 5.91 Å². The van der Waals surface area contributed by atoms with E-state index in [1.54, 1.807) is 24.3 Å². The molecule has 2 aromatic rings. The number of hydrogen-bond donors (Lipinski definition) is 2. The SMILES string of the molecule is O=C(N/N=C\c1cc(Cl)ccc1O)c1ccccn1. The molecule has 1 amide bonds. The molecule has 0 aliphatic heterocycles. The number of hydrogen-bond acceptors (Lipinski definition) is 4. The van der Waals surface area contributed by atoms with Gasteiger partial charge in [-0.15, -0.1) is 0 Å². The summed E-state index contributed by atoms with van der Waals surface area (Å²) < 4.78 is 0. The summed E-state index contributed by atoms with van der Waals surface area (Å²) in [4.78, 5) is 15.5. The highest BCUT2D eigenvalue weighted by Gasteiger charge is 2.04. The lowest BCUT2D eigenvalue weighted by molar-refractivity contribution is 0.0950. The maximum absolute atomic E-state index is 11.6. The van der Waals surface area contributed by atoms with E-state index in [4.69, 9.17) is 11.6 Å². The summed E-state index contributed by atoms with van der Waals surface area (Å²) in [6, 6.07) is 9.53. The summed E-state index contributed by atoms with van der Waals surface area (Å²) in [6.45, 7) is 0. The Morgan fingerprint density at radius 2 is 2.21 bits per heavy atom. The van der Waals surface area contributed by atoms with Crippen LogP contribution in [0.3, 0.4) is 0 Å². The summed E-state index contributed by atoms with van der Waals surface area (Å²) in [5.41, 5.74) is 2.98. The highest BCUT2D eigenvalue weighted by molar-refractivity contribution is 6.30. The Hall–Kier alpha value is -2.40. The van der Waals surface area contributed by atoms with E-state index in [1.807, 2.05) is 0 Å². The third-order valence-electron chi connectivity index (χ3n) is 2.26. The maximum Gasteiger partial charge on any atom is 0.289 e. The van der Waals surface area contributed by atoms with E-state index in [1.165, 1.54) is 24.5 Å². The van der Waals surface area contributed by atoms with Gasteiger partial charge in [0.2, 0.25) is 0 Å². The molecule has 19 heavy (non-hydrogen) atoms. The fourth-order valence-electron chi connectivity index (χ4n) is 1.34. The Morgan fingerprint density at radius 3 is 2.95 bits per heavy atom. The van der Waals surface area contributed by atoms with Crippen molar-refractivity contribution in [1.82, 2.24) is 10.4 Å². The van der Waals surface area contributed by atoms with E-state index in [9.17, 15) is 9.90 Å². The van der Waals surface area contributed by atoms with Gasteiger partial charge in [0.1, 0.15) is 11.4 Å². The molecule has 1 heterocycles. The molecule has 0 aliphatic carbocycles. The molecular formula is C13H10ClN3O2. The van der Waals surface area contributed by atoms with Crippen molar-refractivity contribution in [3.63, 3.8) is 0 Å². The van der Waals surface area contributed by atoms with Crippen molar-refractivity contribution in [2.75, 3.05) is 0 Å². The first-order chi connectivity index (χ1) is 9.16. The van der Waals surface area contributed by atoms with E-state index in [-0.39, 0.29) is 11.4 Å². The van der Waals surface area contributed by atoms with Gasteiger partial charge in [-0.05, 0) is 30.3 Å². The lowest BCUT2D eigenvalue weighted by Crippen LogP contribution is -2.18. The van der Waals surface area contributed by atoms with Gasteiger partial charge in [-0.25, -0.2) is 5.43 Å². The highest BCUT2D eigenvalue weighted by atomic mass is 35.5. The predicted molar refractivity (Wildman–Crippen MR) is 72.4 cm³/mol. The third-order valence-corrected chi connectivity index (χ3v) is 2.49. The van der Waals surface area contributed by atoms with Crippen LogP contribution in [0.1, 0.15) is 16.1 Å². The van der Waals surface area contributed by atoms with Crippen molar-refractivity contribution in [1.29, 1.82) is 0 Å². The van der Waals surface area contributed by atoms with E-state index in [2.05, 4.69) is 15.5 Å². The van der Waals surface area contributed by atoms with Crippen LogP contribution >= 0.6 is 11.6 Å². The predicted octanol–water partition coefficient (Wildman–Crippen LogP) is 2.20. The molecule has 1 aromatic carbocycles. The number of carbonyl (C=O) groups is 1. The minimum Gasteiger partial charge on any atom is -0.507 e. The number of nitrogens with zero attached hydrogens (tertiary/aromatic N) is 2. The standard InChI is InChI=1S/C13H10ClN3O2/c14-10-4-5-12(18)9(7-10)8-16-17-13(19)11-3-1-2-6-15-11/h1-8,18H,(H,17,19)/b16-8-. The number of pyridine rings is 1. The normalized spacial score (nSPS) is 10.6. The van der Waals surface area contributed by atoms with Gasteiger partial charge in [-0.1, -0.05) is 17.7 Å². The van der Waals surface area contributed by atoms with Crippen LogP contribution in [-0.4, -0.2) is 22.2 Å². The average Bonchev–Trinajstić information content (AvgIpc) is 2.43. The molecule has 96 valence electrons. The number of carbonyl (C=O) groups excluding carboxylic acids is 1. The fourth-order valence-corrected chi connectivity index (χ4v) is 1.52. The van der Waals surface area contributed by atoms with Crippen LogP contribution in [-0.2, 0) is 0 Å². The number of hydrazone groups is 1. The van der Waals surface area contributed by atoms with Crippen LogP contribution in [0.5, 0.6) is 5.75 Å². The van der Waals surface area contributed by atoms with Crippen molar-refractivity contribution < 1.29 is 9.90 Å². The zero-order valence-corrected chi connectivity index (χ0v) is 10.5. The first kappa shape index (κ1) is 13.0. The number of phenols is 1. The molecule has 0 saturated carbocycles. The van der Waals surface area contributed by atoms with Gasteiger partial charge < -0.3 is 5.11 Å². The monoisotopic (exact) mass is 275 g/mol. The number of aromatic nitrogens is 1. The molecule has 2 N–H and O–H groups in total. The molecule has 0 bridgehead atoms. The van der Waals surface area contributed by atoms with Crippen molar-refractivity contribution in [2.24, 2.45) is 5.10 Å². The number of aromatic hydroxyl groups is 1. The zero-order chi connectivity index (χ0) is 13.7. The van der Waals surface area contributed by atoms with E-state index >= 15 is 0 Å². The number of amides is 1. The largest absolute Gasteiger partial charge is 0.507 e. The Balaban J connectivity index is 2.04. The molecule has 5 nitrogen and oxygen atoms in total. The summed E-state index contributed by atoms with van der Waals surface area (Å²) >= 11 is 5.78. The van der Waals surface area contributed by atoms with Gasteiger partial charge >= 0.3 is 0 Å². The van der Waals surface area contributed by atoms with Gasteiger partial charge in [-0.3, -0.25) is 9.78 Å². The van der Waals surface area contributed by atoms with Gasteiger partial charge in [-0.2, -0.15) is 5.10 Å².